The molecule has 2 aromatic carbocycles. The van der Waals surface area contributed by atoms with E-state index in [0.29, 0.717) is 10.7 Å². The van der Waals surface area contributed by atoms with E-state index in [0.717, 1.165) is 6.07 Å². The summed E-state index contributed by atoms with van der Waals surface area (Å²) >= 11 is 5.89. The van der Waals surface area contributed by atoms with Crippen LogP contribution in [0.3, 0.4) is 0 Å². The maximum atomic E-state index is 11.9. The molecule has 124 valence electrons. The molecule has 0 saturated carbocycles. The number of nitro groups is 1. The number of nitro benzene ring substituents is 1. The van der Waals surface area contributed by atoms with Gasteiger partial charge in [0.2, 0.25) is 0 Å². The Kier molecular flexibility index (Phi) is 5.33. The van der Waals surface area contributed by atoms with E-state index in [1.54, 1.807) is 24.3 Å². The summed E-state index contributed by atoms with van der Waals surface area (Å²) in [6.45, 7) is -0.567. The smallest absolute Gasteiger partial charge is 0.338 e. The number of esters is 1. The van der Waals surface area contributed by atoms with Gasteiger partial charge < -0.3 is 15.8 Å². The number of nitrogen functional groups attached to an aromatic ring is 1. The van der Waals surface area contributed by atoms with Gasteiger partial charge in [0.05, 0.1) is 21.2 Å². The van der Waals surface area contributed by atoms with Crippen LogP contribution in [-0.4, -0.2) is 23.4 Å². The van der Waals surface area contributed by atoms with Crippen LogP contribution >= 0.6 is 11.6 Å². The van der Waals surface area contributed by atoms with E-state index < -0.39 is 29.1 Å². The van der Waals surface area contributed by atoms with Crippen LogP contribution in [-0.2, 0) is 9.53 Å². The number of nitrogens with zero attached hydrogens (tertiary/aromatic N) is 1. The van der Waals surface area contributed by atoms with Crippen LogP contribution < -0.4 is 11.1 Å². The van der Waals surface area contributed by atoms with E-state index >= 15 is 0 Å². The molecule has 24 heavy (non-hydrogen) atoms. The highest BCUT2D eigenvalue weighted by Crippen LogP contribution is 2.23. The second kappa shape index (κ2) is 7.42. The molecule has 0 spiro atoms. The van der Waals surface area contributed by atoms with Crippen LogP contribution in [0.5, 0.6) is 0 Å². The van der Waals surface area contributed by atoms with Gasteiger partial charge in [-0.05, 0) is 24.3 Å². The van der Waals surface area contributed by atoms with Crippen LogP contribution in [0.1, 0.15) is 10.4 Å². The molecule has 0 atom stereocenters. The number of ether oxygens (including phenoxy) is 1. The summed E-state index contributed by atoms with van der Waals surface area (Å²) < 4.78 is 4.82. The average molecular weight is 350 g/mol. The lowest BCUT2D eigenvalue weighted by Gasteiger charge is -2.08. The molecule has 9 heteroatoms. The van der Waals surface area contributed by atoms with E-state index in [2.05, 4.69) is 5.32 Å². The lowest BCUT2D eigenvalue weighted by Crippen LogP contribution is -2.21. The Morgan fingerprint density at radius 3 is 2.62 bits per heavy atom. The SMILES string of the molecule is Nc1ccc(C(=O)OCC(=O)Nc2ccccc2Cl)cc1[N+](=O)[O-]. The zero-order valence-corrected chi connectivity index (χ0v) is 12.9. The Morgan fingerprint density at radius 2 is 1.96 bits per heavy atom. The molecule has 0 aromatic heterocycles. The predicted molar refractivity (Wildman–Crippen MR) is 87.9 cm³/mol. The van der Waals surface area contributed by atoms with Crippen molar-refractivity contribution in [3.8, 4) is 0 Å². The summed E-state index contributed by atoms with van der Waals surface area (Å²) in [5.41, 5.74) is 5.25. The number of anilines is 2. The number of hydrogen-bond acceptors (Lipinski definition) is 6. The monoisotopic (exact) mass is 349 g/mol. The topological polar surface area (TPSA) is 125 Å². The summed E-state index contributed by atoms with van der Waals surface area (Å²) in [4.78, 5) is 33.7. The van der Waals surface area contributed by atoms with Gasteiger partial charge in [-0.25, -0.2) is 4.79 Å². The Labute approximate surface area is 141 Å². The quantitative estimate of drug-likeness (QED) is 0.370. The Balaban J connectivity index is 1.98. The van der Waals surface area contributed by atoms with E-state index in [-0.39, 0.29) is 11.3 Å². The van der Waals surface area contributed by atoms with E-state index in [4.69, 9.17) is 22.1 Å². The number of nitrogens with one attached hydrogen (secondary N) is 1. The number of nitrogens with two attached hydrogens (primary N) is 1. The molecule has 8 nitrogen and oxygen atoms in total. The fourth-order valence-electron chi connectivity index (χ4n) is 1.79. The number of halogens is 1. The van der Waals surface area contributed by atoms with Crippen molar-refractivity contribution in [1.29, 1.82) is 0 Å². The van der Waals surface area contributed by atoms with Gasteiger partial charge in [-0.3, -0.25) is 14.9 Å². The van der Waals surface area contributed by atoms with Crippen molar-refractivity contribution in [2.24, 2.45) is 0 Å². The second-order valence-electron chi connectivity index (χ2n) is 4.63. The minimum absolute atomic E-state index is 0.0759. The summed E-state index contributed by atoms with van der Waals surface area (Å²) in [5, 5.41) is 13.6. The van der Waals surface area contributed by atoms with Gasteiger partial charge in [0.1, 0.15) is 5.69 Å². The van der Waals surface area contributed by atoms with Crippen LogP contribution in [0.4, 0.5) is 17.1 Å². The van der Waals surface area contributed by atoms with Crippen molar-refractivity contribution in [3.05, 3.63) is 63.2 Å². The second-order valence-corrected chi connectivity index (χ2v) is 5.04. The normalized spacial score (nSPS) is 10.0. The molecule has 2 aromatic rings. The number of carbonyl (C=O) groups is 2. The predicted octanol–water partition coefficient (Wildman–Crippen LogP) is 2.63. The van der Waals surface area contributed by atoms with Crippen LogP contribution in [0, 0.1) is 10.1 Å². The minimum atomic E-state index is -0.882. The lowest BCUT2D eigenvalue weighted by molar-refractivity contribution is -0.383. The molecule has 0 unspecified atom stereocenters. The number of benzene rings is 2. The highest BCUT2D eigenvalue weighted by Gasteiger charge is 2.17. The fourth-order valence-corrected chi connectivity index (χ4v) is 1.98. The zero-order valence-electron chi connectivity index (χ0n) is 12.2. The van der Waals surface area contributed by atoms with Crippen molar-refractivity contribution in [2.45, 2.75) is 0 Å². The van der Waals surface area contributed by atoms with Gasteiger partial charge in [-0.15, -0.1) is 0 Å². The highest BCUT2D eigenvalue weighted by atomic mass is 35.5. The van der Waals surface area contributed by atoms with Crippen LogP contribution in [0.15, 0.2) is 42.5 Å². The van der Waals surface area contributed by atoms with Gasteiger partial charge in [0.25, 0.3) is 11.6 Å². The third-order valence-corrected chi connectivity index (χ3v) is 3.27. The van der Waals surface area contributed by atoms with Gasteiger partial charge in [0.15, 0.2) is 6.61 Å². The molecular weight excluding hydrogens is 338 g/mol. The highest BCUT2D eigenvalue weighted by molar-refractivity contribution is 6.33. The maximum absolute atomic E-state index is 11.9. The van der Waals surface area contributed by atoms with E-state index in [9.17, 15) is 19.7 Å². The molecule has 2 rings (SSSR count). The van der Waals surface area contributed by atoms with Gasteiger partial charge >= 0.3 is 5.97 Å². The largest absolute Gasteiger partial charge is 0.452 e. The van der Waals surface area contributed by atoms with Crippen LogP contribution in [0.25, 0.3) is 0 Å². The average Bonchev–Trinajstić information content (AvgIpc) is 2.55. The number of hydrogen-bond donors (Lipinski definition) is 2. The number of rotatable bonds is 5. The number of para-hydroxylation sites is 1. The summed E-state index contributed by atoms with van der Waals surface area (Å²) in [6, 6.07) is 10.0. The first-order valence-electron chi connectivity index (χ1n) is 6.64. The molecule has 0 saturated heterocycles. The van der Waals surface area contributed by atoms with E-state index in [1.165, 1.54) is 12.1 Å². The molecule has 1 amide bonds. The first-order valence-corrected chi connectivity index (χ1v) is 7.01. The molecule has 0 bridgehead atoms. The first kappa shape index (κ1) is 17.2. The zero-order chi connectivity index (χ0) is 17.7. The fraction of sp³-hybridized carbons (Fsp3) is 0.0667. The molecule has 0 heterocycles. The lowest BCUT2D eigenvalue weighted by atomic mass is 10.2. The molecule has 0 aliphatic heterocycles. The van der Waals surface area contributed by atoms with Gasteiger partial charge in [-0.1, -0.05) is 23.7 Å². The third-order valence-electron chi connectivity index (χ3n) is 2.95. The summed E-state index contributed by atoms with van der Waals surface area (Å²) in [7, 11) is 0. The van der Waals surface area contributed by atoms with Gasteiger partial charge in [0, 0.05) is 6.07 Å². The standard InChI is InChI=1S/C15H12ClN3O5/c16-10-3-1-2-4-12(10)18-14(20)8-24-15(21)9-5-6-11(17)13(7-9)19(22)23/h1-7H,8,17H2,(H,18,20). The Morgan fingerprint density at radius 1 is 1.25 bits per heavy atom. The Bertz CT molecular complexity index is 809. The number of amides is 1. The third kappa shape index (κ3) is 4.20. The number of carbonyl (C=O) groups excluding carboxylic acids is 2. The van der Waals surface area contributed by atoms with Crippen molar-refractivity contribution in [2.75, 3.05) is 17.7 Å². The first-order chi connectivity index (χ1) is 11.4. The van der Waals surface area contributed by atoms with Crippen molar-refractivity contribution in [1.82, 2.24) is 0 Å². The molecule has 0 radical (unpaired) electrons. The Hall–Kier alpha value is -3.13. The molecule has 0 aliphatic rings. The summed E-state index contributed by atoms with van der Waals surface area (Å²) in [6.07, 6.45) is 0. The van der Waals surface area contributed by atoms with Crippen molar-refractivity contribution in [3.63, 3.8) is 0 Å². The molecule has 0 aliphatic carbocycles. The molecule has 0 fully saturated rings. The van der Waals surface area contributed by atoms with Crippen LogP contribution in [0.2, 0.25) is 5.02 Å². The van der Waals surface area contributed by atoms with Crippen molar-refractivity contribution < 1.29 is 19.2 Å². The molecular formula is C15H12ClN3O5. The summed E-state index contributed by atoms with van der Waals surface area (Å²) in [5.74, 6) is -1.48. The van der Waals surface area contributed by atoms with E-state index in [1.807, 2.05) is 0 Å². The van der Waals surface area contributed by atoms with Crippen molar-refractivity contribution >= 4 is 40.5 Å². The maximum Gasteiger partial charge on any atom is 0.338 e. The minimum Gasteiger partial charge on any atom is -0.452 e. The molecule has 3 N–H and O–H groups in total. The van der Waals surface area contributed by atoms with Gasteiger partial charge in [-0.2, -0.15) is 0 Å².